The highest BCUT2D eigenvalue weighted by Crippen LogP contribution is 2.37. The summed E-state index contributed by atoms with van der Waals surface area (Å²) in [6.07, 6.45) is 6.92. The molecule has 0 atom stereocenters. The second-order valence-electron chi connectivity index (χ2n) is 4.37. The molecule has 15 heavy (non-hydrogen) atoms. The predicted octanol–water partition coefficient (Wildman–Crippen LogP) is 4.00. The van der Waals surface area contributed by atoms with Gasteiger partial charge in [0, 0.05) is 15.8 Å². The van der Waals surface area contributed by atoms with Crippen LogP contribution in [-0.4, -0.2) is 5.25 Å². The fraction of sp³-hybridized carbons (Fsp3) is 0.538. The van der Waals surface area contributed by atoms with E-state index in [9.17, 15) is 0 Å². The Kier molecular flexibility index (Phi) is 3.57. The van der Waals surface area contributed by atoms with E-state index in [1.807, 2.05) is 23.9 Å². The van der Waals surface area contributed by atoms with E-state index >= 15 is 0 Å². The summed E-state index contributed by atoms with van der Waals surface area (Å²) in [7, 11) is 0. The summed E-state index contributed by atoms with van der Waals surface area (Å²) in [5.41, 5.74) is 8.29. The van der Waals surface area contributed by atoms with Gasteiger partial charge in [0.2, 0.25) is 0 Å². The Balaban J connectivity index is 2.09. The van der Waals surface area contributed by atoms with Crippen molar-refractivity contribution < 1.29 is 0 Å². The second kappa shape index (κ2) is 4.93. The third-order valence-electron chi connectivity index (χ3n) is 3.08. The highest BCUT2D eigenvalue weighted by atomic mass is 32.2. The molecule has 2 N–H and O–H groups in total. The van der Waals surface area contributed by atoms with E-state index in [0.717, 1.165) is 10.9 Å². The van der Waals surface area contributed by atoms with Crippen molar-refractivity contribution in [3.63, 3.8) is 0 Å². The number of anilines is 1. The van der Waals surface area contributed by atoms with Gasteiger partial charge in [-0.15, -0.1) is 11.8 Å². The summed E-state index contributed by atoms with van der Waals surface area (Å²) in [5.74, 6) is 0. The zero-order valence-corrected chi connectivity index (χ0v) is 10.1. The summed E-state index contributed by atoms with van der Waals surface area (Å²) in [6.45, 7) is 2.15. The number of nitrogen functional groups attached to an aromatic ring is 1. The molecule has 0 heterocycles. The van der Waals surface area contributed by atoms with Gasteiger partial charge in [-0.05, 0) is 31.4 Å². The lowest BCUT2D eigenvalue weighted by atomic mass is 10.0. The molecule has 0 amide bonds. The number of thioether (sulfide) groups is 1. The number of rotatable bonds is 2. The van der Waals surface area contributed by atoms with Crippen molar-refractivity contribution >= 4 is 17.4 Å². The minimum absolute atomic E-state index is 0.794. The second-order valence-corrected chi connectivity index (χ2v) is 5.68. The molecule has 0 radical (unpaired) electrons. The zero-order chi connectivity index (χ0) is 10.7. The van der Waals surface area contributed by atoms with Crippen LogP contribution in [0.3, 0.4) is 0 Å². The molecule has 1 aliphatic carbocycles. The molecule has 1 saturated carbocycles. The average Bonchev–Trinajstić information content (AvgIpc) is 2.25. The van der Waals surface area contributed by atoms with Gasteiger partial charge in [-0.3, -0.25) is 0 Å². The van der Waals surface area contributed by atoms with Crippen molar-refractivity contribution in [2.24, 2.45) is 0 Å². The van der Waals surface area contributed by atoms with E-state index < -0.39 is 0 Å². The van der Waals surface area contributed by atoms with Crippen molar-refractivity contribution in [1.82, 2.24) is 0 Å². The van der Waals surface area contributed by atoms with Crippen molar-refractivity contribution in [3.8, 4) is 0 Å². The van der Waals surface area contributed by atoms with Crippen LogP contribution in [0.4, 0.5) is 5.69 Å². The van der Waals surface area contributed by atoms with Crippen LogP contribution in [0, 0.1) is 6.92 Å². The maximum Gasteiger partial charge on any atom is 0.0455 e. The van der Waals surface area contributed by atoms with E-state index in [1.165, 1.54) is 42.6 Å². The topological polar surface area (TPSA) is 26.0 Å². The van der Waals surface area contributed by atoms with Gasteiger partial charge in [0.05, 0.1) is 0 Å². The highest BCUT2D eigenvalue weighted by molar-refractivity contribution is 8.00. The number of benzene rings is 1. The van der Waals surface area contributed by atoms with Crippen LogP contribution in [0.15, 0.2) is 23.1 Å². The molecule has 2 heteroatoms. The molecular weight excluding hydrogens is 202 g/mol. The molecular formula is C13H19NS. The van der Waals surface area contributed by atoms with E-state index in [0.29, 0.717) is 0 Å². The van der Waals surface area contributed by atoms with Gasteiger partial charge in [-0.1, -0.05) is 31.4 Å². The lowest BCUT2D eigenvalue weighted by Gasteiger charge is -2.22. The first-order chi connectivity index (χ1) is 7.27. The molecule has 0 aliphatic heterocycles. The molecule has 1 nitrogen and oxygen atoms in total. The normalized spacial score (nSPS) is 17.9. The summed E-state index contributed by atoms with van der Waals surface area (Å²) >= 11 is 1.99. The van der Waals surface area contributed by atoms with E-state index in [2.05, 4.69) is 13.0 Å². The van der Waals surface area contributed by atoms with Gasteiger partial charge < -0.3 is 5.73 Å². The maximum atomic E-state index is 6.02. The maximum absolute atomic E-state index is 6.02. The summed E-state index contributed by atoms with van der Waals surface area (Å²) in [4.78, 5) is 1.31. The highest BCUT2D eigenvalue weighted by Gasteiger charge is 2.16. The number of nitrogens with two attached hydrogens (primary N) is 1. The van der Waals surface area contributed by atoms with Crippen LogP contribution in [-0.2, 0) is 0 Å². The molecule has 1 aromatic rings. The third kappa shape index (κ3) is 2.69. The molecule has 0 unspecified atom stereocenters. The first-order valence-electron chi connectivity index (χ1n) is 5.79. The van der Waals surface area contributed by atoms with Crippen LogP contribution in [0.1, 0.15) is 37.7 Å². The van der Waals surface area contributed by atoms with Gasteiger partial charge >= 0.3 is 0 Å². The predicted molar refractivity (Wildman–Crippen MR) is 68.3 cm³/mol. The molecule has 1 aromatic carbocycles. The summed E-state index contributed by atoms with van der Waals surface area (Å²) in [5, 5.41) is 0.794. The Morgan fingerprint density at radius 2 is 1.93 bits per heavy atom. The largest absolute Gasteiger partial charge is 0.398 e. The Hall–Kier alpha value is -0.630. The molecule has 1 aliphatic rings. The van der Waals surface area contributed by atoms with Gasteiger partial charge in [0.15, 0.2) is 0 Å². The molecule has 0 aromatic heterocycles. The Labute approximate surface area is 96.4 Å². The molecule has 2 rings (SSSR count). The van der Waals surface area contributed by atoms with Crippen molar-refractivity contribution in [1.29, 1.82) is 0 Å². The lowest BCUT2D eigenvalue weighted by molar-refractivity contribution is 0.516. The summed E-state index contributed by atoms with van der Waals surface area (Å²) in [6, 6.07) is 6.20. The Bertz CT molecular complexity index is 309. The standard InChI is InChI=1S/C13H19NS/c1-10-6-5-9-12(14)13(10)15-11-7-3-2-4-8-11/h5-6,9,11H,2-4,7-8,14H2,1H3. The van der Waals surface area contributed by atoms with Crippen LogP contribution in [0.2, 0.25) is 0 Å². The number of aryl methyl sites for hydroxylation is 1. The SMILES string of the molecule is Cc1cccc(N)c1SC1CCCCC1. The van der Waals surface area contributed by atoms with Crippen molar-refractivity contribution in [2.75, 3.05) is 5.73 Å². The quantitative estimate of drug-likeness (QED) is 0.764. The minimum Gasteiger partial charge on any atom is -0.398 e. The van der Waals surface area contributed by atoms with Gasteiger partial charge in [0.1, 0.15) is 0 Å². The van der Waals surface area contributed by atoms with E-state index in [4.69, 9.17) is 5.73 Å². The van der Waals surface area contributed by atoms with Gasteiger partial charge in [0.25, 0.3) is 0 Å². The summed E-state index contributed by atoms with van der Waals surface area (Å²) < 4.78 is 0. The average molecular weight is 221 g/mol. The van der Waals surface area contributed by atoms with Gasteiger partial charge in [-0.2, -0.15) is 0 Å². The number of hydrogen-bond acceptors (Lipinski definition) is 2. The van der Waals surface area contributed by atoms with Gasteiger partial charge in [-0.25, -0.2) is 0 Å². The first-order valence-corrected chi connectivity index (χ1v) is 6.67. The first kappa shape index (κ1) is 10.9. The van der Waals surface area contributed by atoms with Crippen LogP contribution >= 0.6 is 11.8 Å². The monoisotopic (exact) mass is 221 g/mol. The van der Waals surface area contributed by atoms with E-state index in [1.54, 1.807) is 0 Å². The van der Waals surface area contributed by atoms with Crippen molar-refractivity contribution in [2.45, 2.75) is 49.2 Å². The molecule has 0 saturated heterocycles. The molecule has 1 fully saturated rings. The molecule has 0 bridgehead atoms. The minimum atomic E-state index is 0.794. The Morgan fingerprint density at radius 1 is 1.20 bits per heavy atom. The van der Waals surface area contributed by atoms with Crippen LogP contribution in [0.25, 0.3) is 0 Å². The lowest BCUT2D eigenvalue weighted by Crippen LogP contribution is -2.08. The smallest absolute Gasteiger partial charge is 0.0455 e. The van der Waals surface area contributed by atoms with Crippen LogP contribution in [0.5, 0.6) is 0 Å². The van der Waals surface area contributed by atoms with Crippen molar-refractivity contribution in [3.05, 3.63) is 23.8 Å². The fourth-order valence-corrected chi connectivity index (χ4v) is 3.55. The van der Waals surface area contributed by atoms with E-state index in [-0.39, 0.29) is 0 Å². The zero-order valence-electron chi connectivity index (χ0n) is 9.33. The molecule has 82 valence electrons. The Morgan fingerprint density at radius 3 is 2.60 bits per heavy atom. The fourth-order valence-electron chi connectivity index (χ4n) is 2.19. The number of hydrogen-bond donors (Lipinski definition) is 1. The third-order valence-corrected chi connectivity index (χ3v) is 4.68. The molecule has 0 spiro atoms. The van der Waals surface area contributed by atoms with Crippen LogP contribution < -0.4 is 5.73 Å².